The van der Waals surface area contributed by atoms with E-state index in [9.17, 15) is 17.8 Å². The number of nitrogens with zero attached hydrogens (tertiary/aromatic N) is 1. The fourth-order valence-corrected chi connectivity index (χ4v) is 6.51. The van der Waals surface area contributed by atoms with Crippen LogP contribution in [0.2, 0.25) is 0 Å². The molecule has 0 spiro atoms. The average Bonchev–Trinajstić information content (AvgIpc) is 2.94. The molecule has 0 unspecified atom stereocenters. The first-order valence-electron chi connectivity index (χ1n) is 18.7. The minimum absolute atomic E-state index is 0.136. The van der Waals surface area contributed by atoms with Crippen molar-refractivity contribution in [3.8, 4) is 0 Å². The minimum Gasteiger partial charge on any atom is -0.748 e. The molecule has 1 amide bonds. The molecule has 0 aromatic heterocycles. The van der Waals surface area contributed by atoms with Gasteiger partial charge < -0.3 is 14.4 Å². The lowest BCUT2D eigenvalue weighted by atomic mass is 10.0. The Bertz CT molecular complexity index is 712. The quantitative estimate of drug-likeness (QED) is 0.0436. The summed E-state index contributed by atoms with van der Waals surface area (Å²) in [5, 5.41) is 3.01. The molecule has 0 atom stereocenters. The lowest BCUT2D eigenvalue weighted by Crippen LogP contribution is -2.43. The third kappa shape index (κ3) is 35.7. The Hall–Kier alpha value is -0.660. The van der Waals surface area contributed by atoms with Crippen LogP contribution >= 0.6 is 0 Å². The topological polar surface area (TPSA) is 86.3 Å². The summed E-state index contributed by atoms with van der Waals surface area (Å²) in [5.41, 5.74) is 0. The van der Waals surface area contributed by atoms with Crippen molar-refractivity contribution >= 4 is 16.0 Å². The van der Waals surface area contributed by atoms with Gasteiger partial charge in [0.25, 0.3) is 0 Å². The highest BCUT2D eigenvalue weighted by Crippen LogP contribution is 2.16. The molecule has 0 fully saturated rings. The van der Waals surface area contributed by atoms with Crippen LogP contribution in [0.15, 0.2) is 0 Å². The number of hydrogen-bond donors (Lipinski definition) is 1. The molecule has 1 N–H and O–H groups in total. The molecule has 7 heteroatoms. The highest BCUT2D eigenvalue weighted by Gasteiger charge is 2.15. The summed E-state index contributed by atoms with van der Waals surface area (Å²) in [5.74, 6) is -0.165. The van der Waals surface area contributed by atoms with E-state index in [-0.39, 0.29) is 11.7 Å². The SMILES string of the molecule is CCCCCCCCCCCCCCCCCCCCCCCCCCCC(=O)NCCC[N+](C)(C)CCCS(=O)(=O)[O-]. The standard InChI is InChI=1S/C36H74N2O4S/c1-4-5-6-7-8-9-10-11-12-13-14-15-16-17-18-19-20-21-22-23-24-25-26-27-28-31-36(39)37-32-29-33-38(2,3)34-30-35-43(40,41)42/h4-35H2,1-3H3,(H-,37,39,40,41,42). The predicted octanol–water partition coefficient (Wildman–Crippen LogP) is 9.67. The number of nitrogens with one attached hydrogen (secondary N) is 1. The Morgan fingerprint density at radius 3 is 1.21 bits per heavy atom. The van der Waals surface area contributed by atoms with Crippen molar-refractivity contribution in [3.63, 3.8) is 0 Å². The number of unbranched alkanes of at least 4 members (excludes halogenated alkanes) is 24. The Kier molecular flexibility index (Phi) is 29.6. The fraction of sp³-hybridized carbons (Fsp3) is 0.972. The van der Waals surface area contributed by atoms with Crippen LogP contribution in [0.1, 0.15) is 187 Å². The summed E-state index contributed by atoms with van der Waals surface area (Å²) in [6.45, 7) is 4.44. The largest absolute Gasteiger partial charge is 0.748 e. The summed E-state index contributed by atoms with van der Waals surface area (Å²) < 4.78 is 32.9. The molecular formula is C36H74N2O4S. The van der Waals surface area contributed by atoms with Gasteiger partial charge >= 0.3 is 0 Å². The first-order valence-corrected chi connectivity index (χ1v) is 20.3. The Labute approximate surface area is 269 Å². The molecule has 0 saturated carbocycles. The van der Waals surface area contributed by atoms with Gasteiger partial charge in [-0.05, 0) is 6.42 Å². The summed E-state index contributed by atoms with van der Waals surface area (Å²) in [6.07, 6.45) is 36.4. The van der Waals surface area contributed by atoms with E-state index >= 15 is 0 Å². The van der Waals surface area contributed by atoms with E-state index in [1.165, 1.54) is 148 Å². The molecule has 0 saturated heterocycles. The first kappa shape index (κ1) is 42.3. The zero-order chi connectivity index (χ0) is 31.9. The van der Waals surface area contributed by atoms with Gasteiger partial charge in [-0.15, -0.1) is 0 Å². The van der Waals surface area contributed by atoms with Gasteiger partial charge in [0.1, 0.15) is 0 Å². The second-order valence-electron chi connectivity index (χ2n) is 13.9. The van der Waals surface area contributed by atoms with Gasteiger partial charge in [0.05, 0.1) is 37.3 Å². The first-order chi connectivity index (χ1) is 20.7. The molecule has 0 aromatic carbocycles. The van der Waals surface area contributed by atoms with Crippen molar-refractivity contribution in [2.75, 3.05) is 39.5 Å². The van der Waals surface area contributed by atoms with Crippen LogP contribution in [0, 0.1) is 0 Å². The van der Waals surface area contributed by atoms with Crippen LogP contribution in [0.5, 0.6) is 0 Å². The Morgan fingerprint density at radius 2 is 0.860 bits per heavy atom. The molecule has 0 aromatic rings. The van der Waals surface area contributed by atoms with Crippen molar-refractivity contribution in [1.29, 1.82) is 0 Å². The summed E-state index contributed by atoms with van der Waals surface area (Å²) in [7, 11) is -0.0733. The van der Waals surface area contributed by atoms with E-state index in [0.29, 0.717) is 30.4 Å². The number of quaternary nitrogens is 1. The number of carbonyl (C=O) groups excluding carboxylic acids is 1. The van der Waals surface area contributed by atoms with Crippen molar-refractivity contribution < 1.29 is 22.2 Å². The van der Waals surface area contributed by atoms with Gasteiger partial charge in [0, 0.05) is 31.6 Å². The second-order valence-corrected chi connectivity index (χ2v) is 15.5. The normalized spacial score (nSPS) is 12.2. The van der Waals surface area contributed by atoms with Crippen LogP contribution in [-0.4, -0.2) is 62.8 Å². The van der Waals surface area contributed by atoms with E-state index in [1.54, 1.807) is 0 Å². The maximum Gasteiger partial charge on any atom is 0.219 e. The third-order valence-corrected chi connectivity index (χ3v) is 9.72. The monoisotopic (exact) mass is 631 g/mol. The number of amides is 1. The third-order valence-electron chi connectivity index (χ3n) is 8.93. The van der Waals surface area contributed by atoms with Gasteiger partial charge in [-0.2, -0.15) is 0 Å². The van der Waals surface area contributed by atoms with Crippen LogP contribution in [0.4, 0.5) is 0 Å². The van der Waals surface area contributed by atoms with E-state index in [4.69, 9.17) is 0 Å². The van der Waals surface area contributed by atoms with Crippen molar-refractivity contribution in [2.45, 2.75) is 187 Å². The van der Waals surface area contributed by atoms with Gasteiger partial charge in [0.15, 0.2) is 0 Å². The molecule has 0 radical (unpaired) electrons. The predicted molar refractivity (Wildman–Crippen MR) is 184 cm³/mol. The van der Waals surface area contributed by atoms with Gasteiger partial charge in [-0.25, -0.2) is 8.42 Å². The maximum absolute atomic E-state index is 12.1. The average molecular weight is 631 g/mol. The smallest absolute Gasteiger partial charge is 0.219 e. The highest BCUT2D eigenvalue weighted by atomic mass is 32.2. The van der Waals surface area contributed by atoms with Crippen LogP contribution in [-0.2, 0) is 14.9 Å². The molecule has 0 heterocycles. The Balaban J connectivity index is 3.28. The molecule has 6 nitrogen and oxygen atoms in total. The minimum atomic E-state index is -4.13. The lowest BCUT2D eigenvalue weighted by Gasteiger charge is -2.30. The van der Waals surface area contributed by atoms with E-state index < -0.39 is 10.1 Å². The summed E-state index contributed by atoms with van der Waals surface area (Å²) in [4.78, 5) is 12.1. The van der Waals surface area contributed by atoms with Gasteiger partial charge in [-0.1, -0.05) is 161 Å². The summed E-state index contributed by atoms with van der Waals surface area (Å²) >= 11 is 0. The van der Waals surface area contributed by atoms with E-state index in [0.717, 1.165) is 25.8 Å². The van der Waals surface area contributed by atoms with Crippen molar-refractivity contribution in [2.24, 2.45) is 0 Å². The number of hydrogen-bond acceptors (Lipinski definition) is 4. The molecule has 43 heavy (non-hydrogen) atoms. The fourth-order valence-electron chi connectivity index (χ4n) is 6.03. The molecule has 258 valence electrons. The second kappa shape index (κ2) is 30.0. The molecule has 0 aliphatic carbocycles. The molecule has 0 aliphatic rings. The summed E-state index contributed by atoms with van der Waals surface area (Å²) in [6, 6.07) is 0. The van der Waals surface area contributed by atoms with Crippen LogP contribution in [0.3, 0.4) is 0 Å². The van der Waals surface area contributed by atoms with Gasteiger partial charge in [0.2, 0.25) is 5.91 Å². The lowest BCUT2D eigenvalue weighted by molar-refractivity contribution is -0.890. The van der Waals surface area contributed by atoms with E-state index in [1.807, 2.05) is 14.1 Å². The van der Waals surface area contributed by atoms with Crippen LogP contribution in [0.25, 0.3) is 0 Å². The maximum atomic E-state index is 12.1. The van der Waals surface area contributed by atoms with Crippen molar-refractivity contribution in [3.05, 3.63) is 0 Å². The molecular weight excluding hydrogens is 556 g/mol. The zero-order valence-electron chi connectivity index (χ0n) is 29.1. The molecule has 0 bridgehead atoms. The van der Waals surface area contributed by atoms with Crippen LogP contribution < -0.4 is 5.32 Å². The molecule has 0 rings (SSSR count). The number of carbonyl (C=O) groups is 1. The molecule has 0 aliphatic heterocycles. The van der Waals surface area contributed by atoms with Gasteiger partial charge in [-0.3, -0.25) is 4.79 Å². The highest BCUT2D eigenvalue weighted by molar-refractivity contribution is 7.85. The van der Waals surface area contributed by atoms with E-state index in [2.05, 4.69) is 12.2 Å². The zero-order valence-corrected chi connectivity index (χ0v) is 29.9. The van der Waals surface area contributed by atoms with Crippen molar-refractivity contribution in [1.82, 2.24) is 5.32 Å². The number of rotatable bonds is 34. The Morgan fingerprint density at radius 1 is 0.535 bits per heavy atom.